The Labute approximate surface area is 76.9 Å². The molecule has 4 N–H and O–H groups in total. The minimum atomic E-state index is -3.40. The van der Waals surface area contributed by atoms with Crippen LogP contribution in [0.3, 0.4) is 0 Å². The largest absolute Gasteiger partial charge is 0.339 e. The average molecular weight is 207 g/mol. The Balaban J connectivity index is 2.19. The van der Waals surface area contributed by atoms with E-state index in [9.17, 15) is 13.2 Å². The van der Waals surface area contributed by atoms with Crippen molar-refractivity contribution in [3.05, 3.63) is 0 Å². The fraction of sp³-hybridized carbons (Fsp3) is 0.833. The summed E-state index contributed by atoms with van der Waals surface area (Å²) in [6, 6.07) is -0.394. The van der Waals surface area contributed by atoms with E-state index in [0.717, 1.165) is 0 Å². The zero-order valence-electron chi connectivity index (χ0n) is 7.14. The Morgan fingerprint density at radius 2 is 2.15 bits per heavy atom. The number of rotatable bonds is 4. The first kappa shape index (κ1) is 10.4. The predicted molar refractivity (Wildman–Crippen MR) is 47.1 cm³/mol. The Morgan fingerprint density at radius 1 is 1.54 bits per heavy atom. The molecular weight excluding hydrogens is 194 g/mol. The lowest BCUT2D eigenvalue weighted by molar-refractivity contribution is -0.142. The molecule has 1 heterocycles. The van der Waals surface area contributed by atoms with Crippen LogP contribution in [0, 0.1) is 0 Å². The quantitative estimate of drug-likeness (QED) is 0.512. The van der Waals surface area contributed by atoms with Crippen LogP contribution in [0.5, 0.6) is 0 Å². The van der Waals surface area contributed by atoms with E-state index >= 15 is 0 Å². The van der Waals surface area contributed by atoms with Gasteiger partial charge in [0, 0.05) is 13.1 Å². The normalized spacial score (nSPS) is 23.1. The molecule has 0 aliphatic carbocycles. The van der Waals surface area contributed by atoms with Gasteiger partial charge in [-0.1, -0.05) is 0 Å². The number of β-lactam (4-membered cyclic amide) rings is 1. The van der Waals surface area contributed by atoms with E-state index in [0.29, 0.717) is 19.5 Å². The van der Waals surface area contributed by atoms with Crippen molar-refractivity contribution in [2.45, 2.75) is 12.5 Å². The maximum absolute atomic E-state index is 10.9. The van der Waals surface area contributed by atoms with Crippen LogP contribution in [-0.4, -0.2) is 44.1 Å². The van der Waals surface area contributed by atoms with Gasteiger partial charge in [-0.15, -0.1) is 0 Å². The van der Waals surface area contributed by atoms with Gasteiger partial charge in [-0.3, -0.25) is 4.79 Å². The Bertz CT molecular complexity index is 300. The third kappa shape index (κ3) is 2.94. The van der Waals surface area contributed by atoms with Crippen molar-refractivity contribution >= 4 is 15.9 Å². The molecule has 1 amide bonds. The van der Waals surface area contributed by atoms with Gasteiger partial charge in [-0.2, -0.15) is 0 Å². The van der Waals surface area contributed by atoms with E-state index in [-0.39, 0.29) is 11.7 Å². The van der Waals surface area contributed by atoms with Crippen LogP contribution in [0.2, 0.25) is 0 Å². The fourth-order valence-electron chi connectivity index (χ4n) is 1.19. The van der Waals surface area contributed by atoms with E-state index in [1.165, 1.54) is 4.90 Å². The molecule has 1 saturated heterocycles. The van der Waals surface area contributed by atoms with Crippen LogP contribution in [0.15, 0.2) is 0 Å². The van der Waals surface area contributed by atoms with Crippen LogP contribution in [0.4, 0.5) is 0 Å². The van der Waals surface area contributed by atoms with Crippen LogP contribution in [0.25, 0.3) is 0 Å². The summed E-state index contributed by atoms with van der Waals surface area (Å²) in [4.78, 5) is 12.5. The first-order valence-corrected chi connectivity index (χ1v) is 5.66. The summed E-state index contributed by atoms with van der Waals surface area (Å²) in [5, 5.41) is 4.79. The average Bonchev–Trinajstić information content (AvgIpc) is 2.00. The monoisotopic (exact) mass is 207 g/mol. The number of carbonyl (C=O) groups is 1. The van der Waals surface area contributed by atoms with E-state index in [1.807, 2.05) is 0 Å². The number of hydrogen-bond donors (Lipinski definition) is 2. The minimum absolute atomic E-state index is 0.0913. The number of sulfonamides is 1. The number of nitrogens with two attached hydrogens (primary N) is 2. The number of nitrogens with zero attached hydrogens (tertiary/aromatic N) is 1. The van der Waals surface area contributed by atoms with Crippen LogP contribution in [0.1, 0.15) is 6.42 Å². The molecular formula is C6H13N3O3S. The van der Waals surface area contributed by atoms with Crippen molar-refractivity contribution in [2.75, 3.05) is 18.8 Å². The molecule has 0 aromatic rings. The number of primary sulfonamides is 1. The second-order valence-corrected chi connectivity index (χ2v) is 4.85. The molecule has 0 radical (unpaired) electrons. The molecule has 76 valence electrons. The van der Waals surface area contributed by atoms with Gasteiger partial charge < -0.3 is 10.6 Å². The standard InChI is InChI=1S/C6H13N3O3S/c7-5-4-9(6(5)10)2-1-3-13(8,11)12/h5H,1-4,7H2,(H2,8,11,12). The lowest BCUT2D eigenvalue weighted by Crippen LogP contribution is -2.61. The maximum atomic E-state index is 10.9. The molecule has 13 heavy (non-hydrogen) atoms. The summed E-state index contributed by atoms with van der Waals surface area (Å²) in [5.74, 6) is -0.208. The molecule has 0 spiro atoms. The molecule has 1 fully saturated rings. The third-order valence-electron chi connectivity index (χ3n) is 1.90. The zero-order chi connectivity index (χ0) is 10.1. The first-order chi connectivity index (χ1) is 5.90. The molecule has 1 unspecified atom stereocenters. The highest BCUT2D eigenvalue weighted by Gasteiger charge is 2.32. The SMILES string of the molecule is NC1CN(CCCS(N)(=O)=O)C1=O. The van der Waals surface area contributed by atoms with Crippen molar-refractivity contribution in [3.8, 4) is 0 Å². The van der Waals surface area contributed by atoms with Gasteiger partial charge in [0.1, 0.15) is 6.04 Å². The second kappa shape index (κ2) is 3.60. The molecule has 0 aromatic carbocycles. The summed E-state index contributed by atoms with van der Waals surface area (Å²) in [6.45, 7) is 0.937. The number of likely N-dealkylation sites (tertiary alicyclic amines) is 1. The third-order valence-corrected chi connectivity index (χ3v) is 2.76. The lowest BCUT2D eigenvalue weighted by Gasteiger charge is -2.36. The molecule has 0 saturated carbocycles. The van der Waals surface area contributed by atoms with Crippen LogP contribution >= 0.6 is 0 Å². The summed E-state index contributed by atoms with van der Waals surface area (Å²) >= 11 is 0. The van der Waals surface area contributed by atoms with Crippen molar-refractivity contribution in [1.82, 2.24) is 4.90 Å². The van der Waals surface area contributed by atoms with Crippen LogP contribution in [-0.2, 0) is 14.8 Å². The summed E-state index contributed by atoms with van der Waals surface area (Å²) in [7, 11) is -3.40. The Hall–Kier alpha value is -0.660. The van der Waals surface area contributed by atoms with E-state index < -0.39 is 16.1 Å². The lowest BCUT2D eigenvalue weighted by atomic mass is 10.1. The van der Waals surface area contributed by atoms with Crippen molar-refractivity contribution in [1.29, 1.82) is 0 Å². The molecule has 0 bridgehead atoms. The minimum Gasteiger partial charge on any atom is -0.339 e. The predicted octanol–water partition coefficient (Wildman–Crippen LogP) is -2.17. The number of hydrogen-bond acceptors (Lipinski definition) is 4. The number of amides is 1. The van der Waals surface area contributed by atoms with Gasteiger partial charge in [-0.25, -0.2) is 13.6 Å². The van der Waals surface area contributed by atoms with E-state index in [2.05, 4.69) is 0 Å². The highest BCUT2D eigenvalue weighted by molar-refractivity contribution is 7.89. The van der Waals surface area contributed by atoms with Gasteiger partial charge in [0.25, 0.3) is 0 Å². The Morgan fingerprint density at radius 3 is 2.54 bits per heavy atom. The highest BCUT2D eigenvalue weighted by atomic mass is 32.2. The summed E-state index contributed by atoms with van der Waals surface area (Å²) in [6.07, 6.45) is 0.372. The van der Waals surface area contributed by atoms with Crippen molar-refractivity contribution in [2.24, 2.45) is 10.9 Å². The zero-order valence-corrected chi connectivity index (χ0v) is 7.96. The first-order valence-electron chi connectivity index (χ1n) is 3.95. The Kier molecular flexibility index (Phi) is 2.89. The molecule has 0 aromatic heterocycles. The second-order valence-electron chi connectivity index (χ2n) is 3.11. The molecule has 1 aliphatic rings. The van der Waals surface area contributed by atoms with Gasteiger partial charge in [0.15, 0.2) is 0 Å². The van der Waals surface area contributed by atoms with Crippen LogP contribution < -0.4 is 10.9 Å². The fourth-order valence-corrected chi connectivity index (χ4v) is 1.72. The molecule has 1 rings (SSSR count). The van der Waals surface area contributed by atoms with E-state index in [1.54, 1.807) is 0 Å². The smallest absolute Gasteiger partial charge is 0.241 e. The van der Waals surface area contributed by atoms with Crippen molar-refractivity contribution in [3.63, 3.8) is 0 Å². The number of carbonyl (C=O) groups excluding carboxylic acids is 1. The van der Waals surface area contributed by atoms with Gasteiger partial charge >= 0.3 is 0 Å². The maximum Gasteiger partial charge on any atom is 0.241 e. The molecule has 7 heteroatoms. The highest BCUT2D eigenvalue weighted by Crippen LogP contribution is 2.07. The van der Waals surface area contributed by atoms with Gasteiger partial charge in [-0.05, 0) is 6.42 Å². The molecule has 1 aliphatic heterocycles. The van der Waals surface area contributed by atoms with Gasteiger partial charge in [0.2, 0.25) is 15.9 Å². The van der Waals surface area contributed by atoms with Gasteiger partial charge in [0.05, 0.1) is 5.75 Å². The topological polar surface area (TPSA) is 106 Å². The summed E-state index contributed by atoms with van der Waals surface area (Å²) in [5.41, 5.74) is 5.34. The molecule has 6 nitrogen and oxygen atoms in total. The molecule has 1 atom stereocenters. The summed E-state index contributed by atoms with van der Waals surface area (Å²) < 4.78 is 21.0. The van der Waals surface area contributed by atoms with Crippen molar-refractivity contribution < 1.29 is 13.2 Å². The van der Waals surface area contributed by atoms with E-state index in [4.69, 9.17) is 10.9 Å².